The van der Waals surface area contributed by atoms with Crippen molar-refractivity contribution >= 4 is 44.9 Å². The maximum Gasteiger partial charge on any atom is 0.221 e. The van der Waals surface area contributed by atoms with Gasteiger partial charge in [-0.25, -0.2) is 0 Å². The van der Waals surface area contributed by atoms with Crippen molar-refractivity contribution in [3.8, 4) is 0 Å². The van der Waals surface area contributed by atoms with Gasteiger partial charge in [-0.1, -0.05) is 77.1 Å². The summed E-state index contributed by atoms with van der Waals surface area (Å²) in [6, 6.07) is 30.7. The molecule has 0 atom stereocenters. The minimum absolute atomic E-state index is 0.0632. The van der Waals surface area contributed by atoms with Crippen LogP contribution in [0.15, 0.2) is 114 Å². The van der Waals surface area contributed by atoms with Gasteiger partial charge in [-0.3, -0.25) is 4.79 Å². The molecule has 0 saturated heterocycles. The number of ketones is 1. The minimum Gasteiger partial charge on any atom is -0.285 e. The predicted octanol–water partition coefficient (Wildman–Crippen LogP) is 4.97. The van der Waals surface area contributed by atoms with Crippen LogP contribution in [0.25, 0.3) is 0 Å². The molecule has 0 aliphatic rings. The molecular formula is C23H19BrOP+. The van der Waals surface area contributed by atoms with Gasteiger partial charge in [-0.2, -0.15) is 0 Å². The molecule has 0 aromatic heterocycles. The average molecular weight is 422 g/mol. The standard InChI is InChI=1S/C23H19BrOP/c1-19(23(25)17-18-24)26(20-11-5-2-6-12-20,21-13-7-3-8-14-21)22-15-9-4-10-16-22/h2-18H,1H2/q+1/b18-17+. The normalized spacial score (nSPS) is 11.4. The van der Waals surface area contributed by atoms with Crippen molar-refractivity contribution in [2.24, 2.45) is 0 Å². The third-order valence-corrected chi connectivity index (χ3v) is 8.85. The lowest BCUT2D eigenvalue weighted by Crippen LogP contribution is -2.33. The lowest BCUT2D eigenvalue weighted by molar-refractivity contribution is -0.110. The Labute approximate surface area is 163 Å². The largest absolute Gasteiger partial charge is 0.285 e. The van der Waals surface area contributed by atoms with E-state index in [4.69, 9.17) is 0 Å². The second-order valence-corrected chi connectivity index (χ2v) is 9.74. The Morgan fingerprint density at radius 3 is 1.38 bits per heavy atom. The van der Waals surface area contributed by atoms with Crippen LogP contribution in [0, 0.1) is 0 Å². The van der Waals surface area contributed by atoms with Gasteiger partial charge in [0.15, 0.2) is 0 Å². The van der Waals surface area contributed by atoms with Gasteiger partial charge in [-0.05, 0) is 47.5 Å². The number of carbonyl (C=O) groups is 1. The molecule has 0 heterocycles. The van der Waals surface area contributed by atoms with Crippen LogP contribution < -0.4 is 15.9 Å². The molecule has 128 valence electrons. The van der Waals surface area contributed by atoms with E-state index in [0.29, 0.717) is 5.31 Å². The SMILES string of the molecule is C=C(C(=O)/C=C/Br)[P+](c1ccccc1)(c1ccccc1)c1ccccc1. The zero-order valence-electron chi connectivity index (χ0n) is 14.3. The van der Waals surface area contributed by atoms with E-state index >= 15 is 0 Å². The smallest absolute Gasteiger partial charge is 0.221 e. The second-order valence-electron chi connectivity index (χ2n) is 5.78. The van der Waals surface area contributed by atoms with Gasteiger partial charge < -0.3 is 0 Å². The highest BCUT2D eigenvalue weighted by atomic mass is 79.9. The molecule has 0 amide bonds. The van der Waals surface area contributed by atoms with E-state index in [9.17, 15) is 4.79 Å². The summed E-state index contributed by atoms with van der Waals surface area (Å²) in [4.78, 5) is 14.5. The molecule has 0 N–H and O–H groups in total. The Kier molecular flexibility index (Phi) is 5.98. The van der Waals surface area contributed by atoms with Gasteiger partial charge >= 0.3 is 0 Å². The first-order valence-electron chi connectivity index (χ1n) is 8.27. The predicted molar refractivity (Wildman–Crippen MR) is 117 cm³/mol. The zero-order chi connectivity index (χ0) is 18.4. The first-order valence-corrected chi connectivity index (χ1v) is 11.0. The zero-order valence-corrected chi connectivity index (χ0v) is 16.7. The molecule has 0 fully saturated rings. The second kappa shape index (κ2) is 8.40. The molecule has 0 radical (unpaired) electrons. The fraction of sp³-hybridized carbons (Fsp3) is 0. The molecule has 3 heteroatoms. The molecule has 26 heavy (non-hydrogen) atoms. The van der Waals surface area contributed by atoms with Gasteiger partial charge in [-0.15, -0.1) is 0 Å². The molecule has 3 rings (SSSR count). The first-order chi connectivity index (χ1) is 12.7. The monoisotopic (exact) mass is 421 g/mol. The molecule has 0 bridgehead atoms. The summed E-state index contributed by atoms with van der Waals surface area (Å²) >= 11 is 3.22. The minimum atomic E-state index is -2.35. The maximum atomic E-state index is 12.9. The number of hydrogen-bond donors (Lipinski definition) is 0. The van der Waals surface area contributed by atoms with Crippen molar-refractivity contribution in [3.63, 3.8) is 0 Å². The number of rotatable bonds is 6. The molecule has 0 spiro atoms. The van der Waals surface area contributed by atoms with E-state index in [1.54, 1.807) is 4.99 Å². The van der Waals surface area contributed by atoms with Crippen LogP contribution in [0.2, 0.25) is 0 Å². The number of carbonyl (C=O) groups excluding carboxylic acids is 1. The van der Waals surface area contributed by atoms with E-state index < -0.39 is 7.26 Å². The summed E-state index contributed by atoms with van der Waals surface area (Å²) in [5.74, 6) is -0.0632. The van der Waals surface area contributed by atoms with Crippen LogP contribution in [0.3, 0.4) is 0 Å². The van der Waals surface area contributed by atoms with Crippen LogP contribution in [-0.2, 0) is 4.79 Å². The Hall–Kier alpha value is -2.28. The van der Waals surface area contributed by atoms with Crippen LogP contribution >= 0.6 is 23.2 Å². The molecule has 0 saturated carbocycles. The van der Waals surface area contributed by atoms with E-state index in [1.165, 1.54) is 6.08 Å². The third-order valence-electron chi connectivity index (χ3n) is 4.33. The fourth-order valence-corrected chi connectivity index (χ4v) is 7.52. The summed E-state index contributed by atoms with van der Waals surface area (Å²) in [7, 11) is -2.35. The summed E-state index contributed by atoms with van der Waals surface area (Å²) in [6.07, 6.45) is 1.53. The summed E-state index contributed by atoms with van der Waals surface area (Å²) < 4.78 is 0. The first kappa shape index (κ1) is 18.5. The van der Waals surface area contributed by atoms with Gasteiger partial charge in [0, 0.05) is 0 Å². The van der Waals surface area contributed by atoms with Gasteiger partial charge in [0.1, 0.15) is 28.5 Å². The van der Waals surface area contributed by atoms with E-state index in [1.807, 2.05) is 54.6 Å². The van der Waals surface area contributed by atoms with Crippen LogP contribution in [0.4, 0.5) is 0 Å². The molecule has 3 aromatic rings. The highest BCUT2D eigenvalue weighted by Crippen LogP contribution is 2.62. The molecule has 0 aliphatic carbocycles. The lowest BCUT2D eigenvalue weighted by atomic mass is 10.3. The Bertz CT molecular complexity index is 822. The number of halogens is 1. The van der Waals surface area contributed by atoms with E-state index in [2.05, 4.69) is 58.9 Å². The summed E-state index contributed by atoms with van der Waals surface area (Å²) in [5.41, 5.74) is 0. The number of hydrogen-bond acceptors (Lipinski definition) is 1. The van der Waals surface area contributed by atoms with Crippen molar-refractivity contribution in [3.05, 3.63) is 114 Å². The number of allylic oxidation sites excluding steroid dienone is 2. The number of benzene rings is 3. The third kappa shape index (κ3) is 3.35. The van der Waals surface area contributed by atoms with Crippen LogP contribution in [-0.4, -0.2) is 5.78 Å². The van der Waals surface area contributed by atoms with E-state index in [-0.39, 0.29) is 5.78 Å². The molecular weight excluding hydrogens is 403 g/mol. The van der Waals surface area contributed by atoms with Crippen molar-refractivity contribution in [1.82, 2.24) is 0 Å². The average Bonchev–Trinajstić information content (AvgIpc) is 2.71. The van der Waals surface area contributed by atoms with Crippen molar-refractivity contribution in [2.45, 2.75) is 0 Å². The Morgan fingerprint density at radius 1 is 0.731 bits per heavy atom. The van der Waals surface area contributed by atoms with Gasteiger partial charge in [0.05, 0.1) is 0 Å². The van der Waals surface area contributed by atoms with Crippen molar-refractivity contribution < 1.29 is 4.79 Å². The molecule has 0 unspecified atom stereocenters. The van der Waals surface area contributed by atoms with Crippen molar-refractivity contribution in [2.75, 3.05) is 0 Å². The highest BCUT2D eigenvalue weighted by Gasteiger charge is 2.50. The Morgan fingerprint density at radius 2 is 1.08 bits per heavy atom. The maximum absolute atomic E-state index is 12.9. The van der Waals surface area contributed by atoms with Crippen molar-refractivity contribution in [1.29, 1.82) is 0 Å². The highest BCUT2D eigenvalue weighted by molar-refractivity contribution is 9.11. The Balaban J connectivity index is 2.39. The topological polar surface area (TPSA) is 17.1 Å². The van der Waals surface area contributed by atoms with Gasteiger partial charge in [0.2, 0.25) is 5.78 Å². The fourth-order valence-electron chi connectivity index (χ4n) is 3.19. The summed E-state index contributed by atoms with van der Waals surface area (Å²) in [6.45, 7) is 4.30. The molecule has 0 aliphatic heterocycles. The van der Waals surface area contributed by atoms with Gasteiger partial charge in [0.25, 0.3) is 0 Å². The molecule has 1 nitrogen and oxygen atoms in total. The summed E-state index contributed by atoms with van der Waals surface area (Å²) in [5, 5.41) is 3.99. The molecule has 3 aromatic carbocycles. The van der Waals surface area contributed by atoms with Crippen LogP contribution in [0.5, 0.6) is 0 Å². The quantitative estimate of drug-likeness (QED) is 0.405. The van der Waals surface area contributed by atoms with E-state index in [0.717, 1.165) is 15.9 Å². The lowest BCUT2D eigenvalue weighted by Gasteiger charge is -2.27. The van der Waals surface area contributed by atoms with Crippen LogP contribution in [0.1, 0.15) is 0 Å².